The SMILES string of the molecule is O=C(NCCCCOc1ccc(Cl)cc1)c1ccc(NC(=O)C2CC2)cc1. The van der Waals surface area contributed by atoms with E-state index in [9.17, 15) is 9.59 Å². The fourth-order valence-electron chi connectivity index (χ4n) is 2.55. The quantitative estimate of drug-likeness (QED) is 0.632. The van der Waals surface area contributed by atoms with Gasteiger partial charge in [0.2, 0.25) is 5.91 Å². The Morgan fingerprint density at radius 1 is 1.00 bits per heavy atom. The molecule has 1 fully saturated rings. The number of rotatable bonds is 9. The Bertz CT molecular complexity index is 771. The van der Waals surface area contributed by atoms with Crippen LogP contribution in [0.4, 0.5) is 5.69 Å². The van der Waals surface area contributed by atoms with Crippen LogP contribution in [-0.4, -0.2) is 25.0 Å². The van der Waals surface area contributed by atoms with Crippen molar-refractivity contribution in [3.8, 4) is 5.75 Å². The molecule has 6 heteroatoms. The highest BCUT2D eigenvalue weighted by atomic mass is 35.5. The van der Waals surface area contributed by atoms with Crippen LogP contribution < -0.4 is 15.4 Å². The summed E-state index contributed by atoms with van der Waals surface area (Å²) in [4.78, 5) is 23.9. The number of hydrogen-bond donors (Lipinski definition) is 2. The second-order valence-electron chi connectivity index (χ2n) is 6.61. The second kappa shape index (κ2) is 9.42. The summed E-state index contributed by atoms with van der Waals surface area (Å²) in [6.07, 6.45) is 3.61. The molecule has 1 aliphatic rings. The molecule has 142 valence electrons. The van der Waals surface area contributed by atoms with Crippen molar-refractivity contribution in [3.63, 3.8) is 0 Å². The van der Waals surface area contributed by atoms with Crippen molar-refractivity contribution >= 4 is 29.1 Å². The Hall–Kier alpha value is -2.53. The zero-order chi connectivity index (χ0) is 19.1. The fourth-order valence-corrected chi connectivity index (χ4v) is 2.67. The van der Waals surface area contributed by atoms with E-state index < -0.39 is 0 Å². The molecule has 0 saturated heterocycles. The smallest absolute Gasteiger partial charge is 0.251 e. The number of carbonyl (C=O) groups is 2. The summed E-state index contributed by atoms with van der Waals surface area (Å²) >= 11 is 5.83. The molecule has 2 aromatic rings. The lowest BCUT2D eigenvalue weighted by molar-refractivity contribution is -0.117. The van der Waals surface area contributed by atoms with Crippen LogP contribution >= 0.6 is 11.6 Å². The van der Waals surface area contributed by atoms with Crippen LogP contribution in [0.25, 0.3) is 0 Å². The van der Waals surface area contributed by atoms with Crippen LogP contribution in [0.1, 0.15) is 36.0 Å². The van der Waals surface area contributed by atoms with Crippen molar-refractivity contribution < 1.29 is 14.3 Å². The minimum absolute atomic E-state index is 0.0630. The summed E-state index contributed by atoms with van der Waals surface area (Å²) in [5.74, 6) is 0.899. The molecule has 0 aliphatic heterocycles. The summed E-state index contributed by atoms with van der Waals surface area (Å²) in [6.45, 7) is 1.18. The fraction of sp³-hybridized carbons (Fsp3) is 0.333. The molecule has 2 amide bonds. The molecule has 2 N–H and O–H groups in total. The lowest BCUT2D eigenvalue weighted by atomic mass is 10.2. The molecule has 3 rings (SSSR count). The first kappa shape index (κ1) is 19.2. The lowest BCUT2D eigenvalue weighted by Crippen LogP contribution is -2.24. The van der Waals surface area contributed by atoms with E-state index in [4.69, 9.17) is 16.3 Å². The van der Waals surface area contributed by atoms with E-state index in [-0.39, 0.29) is 17.7 Å². The van der Waals surface area contributed by atoms with Crippen LogP contribution in [0.2, 0.25) is 5.02 Å². The average Bonchev–Trinajstić information content (AvgIpc) is 3.52. The number of ether oxygens (including phenoxy) is 1. The molecule has 1 aliphatic carbocycles. The second-order valence-corrected chi connectivity index (χ2v) is 7.04. The van der Waals surface area contributed by atoms with Gasteiger partial charge in [-0.2, -0.15) is 0 Å². The number of carbonyl (C=O) groups excluding carboxylic acids is 2. The number of benzene rings is 2. The molecule has 5 nitrogen and oxygen atoms in total. The third kappa shape index (κ3) is 6.29. The van der Waals surface area contributed by atoms with E-state index in [1.54, 1.807) is 36.4 Å². The largest absolute Gasteiger partial charge is 0.494 e. The number of amides is 2. The maximum atomic E-state index is 12.1. The Labute approximate surface area is 164 Å². The monoisotopic (exact) mass is 386 g/mol. The Morgan fingerprint density at radius 2 is 1.70 bits per heavy atom. The van der Waals surface area contributed by atoms with Gasteiger partial charge in [0, 0.05) is 28.7 Å². The molecule has 0 radical (unpaired) electrons. The van der Waals surface area contributed by atoms with Crippen LogP contribution in [-0.2, 0) is 4.79 Å². The van der Waals surface area contributed by atoms with Gasteiger partial charge in [0.25, 0.3) is 5.91 Å². The lowest BCUT2D eigenvalue weighted by Gasteiger charge is -2.08. The van der Waals surface area contributed by atoms with Gasteiger partial charge >= 0.3 is 0 Å². The van der Waals surface area contributed by atoms with Crippen molar-refractivity contribution in [2.45, 2.75) is 25.7 Å². The first-order valence-corrected chi connectivity index (χ1v) is 9.57. The first-order valence-electron chi connectivity index (χ1n) is 9.19. The average molecular weight is 387 g/mol. The van der Waals surface area contributed by atoms with E-state index in [1.807, 2.05) is 12.1 Å². The molecule has 0 heterocycles. The van der Waals surface area contributed by atoms with Gasteiger partial charge in [-0.3, -0.25) is 9.59 Å². The number of nitrogens with one attached hydrogen (secondary N) is 2. The topological polar surface area (TPSA) is 67.4 Å². The Balaban J connectivity index is 1.31. The molecule has 0 spiro atoms. The van der Waals surface area contributed by atoms with Gasteiger partial charge in [-0.25, -0.2) is 0 Å². The molecule has 0 aromatic heterocycles. The van der Waals surface area contributed by atoms with Crippen LogP contribution in [0.5, 0.6) is 5.75 Å². The van der Waals surface area contributed by atoms with E-state index >= 15 is 0 Å². The number of unbranched alkanes of at least 4 members (excludes halogenated alkanes) is 1. The molecule has 1 saturated carbocycles. The van der Waals surface area contributed by atoms with Gasteiger partial charge in [0.15, 0.2) is 0 Å². The van der Waals surface area contributed by atoms with Gasteiger partial charge in [0.1, 0.15) is 5.75 Å². The molecule has 0 bridgehead atoms. The summed E-state index contributed by atoms with van der Waals surface area (Å²) in [5, 5.41) is 6.44. The molecular weight excluding hydrogens is 364 g/mol. The zero-order valence-corrected chi connectivity index (χ0v) is 15.8. The van der Waals surface area contributed by atoms with Gasteiger partial charge in [0.05, 0.1) is 6.61 Å². The number of halogens is 1. The van der Waals surface area contributed by atoms with Crippen LogP contribution in [0, 0.1) is 5.92 Å². The molecular formula is C21H23ClN2O3. The van der Waals surface area contributed by atoms with E-state index in [1.165, 1.54) is 0 Å². The first-order chi connectivity index (χ1) is 13.1. The Kier molecular flexibility index (Phi) is 6.71. The molecule has 0 unspecified atom stereocenters. The summed E-state index contributed by atoms with van der Waals surface area (Å²) < 4.78 is 5.61. The van der Waals surface area contributed by atoms with E-state index in [2.05, 4.69) is 10.6 Å². The number of hydrogen-bond acceptors (Lipinski definition) is 3. The van der Waals surface area contributed by atoms with Crippen molar-refractivity contribution in [1.29, 1.82) is 0 Å². The van der Waals surface area contributed by atoms with Crippen molar-refractivity contribution in [2.24, 2.45) is 5.92 Å². The van der Waals surface area contributed by atoms with Gasteiger partial charge in [-0.15, -0.1) is 0 Å². The summed E-state index contributed by atoms with van der Waals surface area (Å²) in [6, 6.07) is 14.2. The summed E-state index contributed by atoms with van der Waals surface area (Å²) in [5.41, 5.74) is 1.31. The zero-order valence-electron chi connectivity index (χ0n) is 15.0. The van der Waals surface area contributed by atoms with Crippen molar-refractivity contribution in [1.82, 2.24) is 5.32 Å². The Morgan fingerprint density at radius 3 is 2.37 bits per heavy atom. The minimum atomic E-state index is -0.117. The highest BCUT2D eigenvalue weighted by Gasteiger charge is 2.29. The standard InChI is InChI=1S/C21H23ClN2O3/c22-17-7-11-19(12-8-17)27-14-2-1-13-23-20(25)15-5-9-18(10-6-15)24-21(26)16-3-4-16/h5-12,16H,1-4,13-14H2,(H,23,25)(H,24,26). The summed E-state index contributed by atoms with van der Waals surface area (Å²) in [7, 11) is 0. The van der Waals surface area contributed by atoms with Gasteiger partial charge in [-0.05, 0) is 74.2 Å². The number of anilines is 1. The van der Waals surface area contributed by atoms with E-state index in [0.717, 1.165) is 37.1 Å². The predicted molar refractivity (Wildman–Crippen MR) is 106 cm³/mol. The molecule has 27 heavy (non-hydrogen) atoms. The highest BCUT2D eigenvalue weighted by molar-refractivity contribution is 6.30. The highest BCUT2D eigenvalue weighted by Crippen LogP contribution is 2.30. The minimum Gasteiger partial charge on any atom is -0.494 e. The third-order valence-electron chi connectivity index (χ3n) is 4.30. The third-order valence-corrected chi connectivity index (χ3v) is 4.55. The van der Waals surface area contributed by atoms with Gasteiger partial charge < -0.3 is 15.4 Å². The molecule has 2 aromatic carbocycles. The normalized spacial score (nSPS) is 13.1. The van der Waals surface area contributed by atoms with Crippen molar-refractivity contribution in [3.05, 3.63) is 59.1 Å². The maximum absolute atomic E-state index is 12.1. The van der Waals surface area contributed by atoms with Crippen LogP contribution in [0.15, 0.2) is 48.5 Å². The molecule has 0 atom stereocenters. The maximum Gasteiger partial charge on any atom is 0.251 e. The predicted octanol–water partition coefficient (Wildman–Crippen LogP) is 4.28. The van der Waals surface area contributed by atoms with Crippen LogP contribution in [0.3, 0.4) is 0 Å². The van der Waals surface area contributed by atoms with Crippen molar-refractivity contribution in [2.75, 3.05) is 18.5 Å². The van der Waals surface area contributed by atoms with Gasteiger partial charge in [-0.1, -0.05) is 11.6 Å². The van der Waals surface area contributed by atoms with E-state index in [0.29, 0.717) is 23.7 Å².